The molecular weight excluding hydrogens is 390 g/mol. The lowest BCUT2D eigenvalue weighted by molar-refractivity contribution is -0.131. The van der Waals surface area contributed by atoms with E-state index in [9.17, 15) is 9.59 Å². The van der Waals surface area contributed by atoms with E-state index >= 15 is 0 Å². The number of fused-ring (bicyclic) bond motifs is 1. The Morgan fingerprint density at radius 2 is 1.90 bits per heavy atom. The highest BCUT2D eigenvalue weighted by Crippen LogP contribution is 2.13. The van der Waals surface area contributed by atoms with Crippen LogP contribution in [0.25, 0.3) is 10.9 Å². The zero-order valence-electron chi connectivity index (χ0n) is 17.6. The molecule has 4 rings (SSSR count). The number of rotatable bonds is 4. The quantitative estimate of drug-likeness (QED) is 0.653. The molecule has 1 fully saturated rings. The van der Waals surface area contributed by atoms with Gasteiger partial charge in [-0.2, -0.15) is 5.26 Å². The molecule has 2 heterocycles. The number of carbonyl (C=O) groups excluding carboxylic acids is 1. The van der Waals surface area contributed by atoms with Crippen molar-refractivity contribution in [2.24, 2.45) is 0 Å². The number of hydrogen-bond acceptors (Lipinski definition) is 5. The molecule has 0 saturated carbocycles. The molecule has 0 N–H and O–H groups in total. The van der Waals surface area contributed by atoms with Gasteiger partial charge in [-0.15, -0.1) is 0 Å². The number of aromatic nitrogens is 2. The lowest BCUT2D eigenvalue weighted by Gasteiger charge is -2.22. The molecule has 7 heteroatoms. The summed E-state index contributed by atoms with van der Waals surface area (Å²) in [5.41, 5.74) is 3.26. The van der Waals surface area contributed by atoms with Gasteiger partial charge >= 0.3 is 0 Å². The minimum atomic E-state index is -0.181. The van der Waals surface area contributed by atoms with Crippen molar-refractivity contribution in [3.8, 4) is 6.07 Å². The molecule has 0 bridgehead atoms. The second-order valence-corrected chi connectivity index (χ2v) is 7.97. The van der Waals surface area contributed by atoms with E-state index in [0.29, 0.717) is 29.6 Å². The van der Waals surface area contributed by atoms with Crippen molar-refractivity contribution < 1.29 is 4.79 Å². The minimum absolute atomic E-state index is 0.00529. The zero-order chi connectivity index (χ0) is 21.8. The van der Waals surface area contributed by atoms with E-state index in [-0.39, 0.29) is 18.0 Å². The van der Waals surface area contributed by atoms with E-state index in [0.717, 1.165) is 37.2 Å². The molecule has 158 valence electrons. The average Bonchev–Trinajstić information content (AvgIpc) is 3.02. The third-order valence-corrected chi connectivity index (χ3v) is 5.79. The minimum Gasteiger partial charge on any atom is -0.340 e. The van der Waals surface area contributed by atoms with Gasteiger partial charge in [0.2, 0.25) is 5.91 Å². The van der Waals surface area contributed by atoms with Crippen LogP contribution in [0.15, 0.2) is 53.6 Å². The van der Waals surface area contributed by atoms with E-state index in [1.165, 1.54) is 10.9 Å². The van der Waals surface area contributed by atoms with E-state index in [4.69, 9.17) is 5.26 Å². The summed E-state index contributed by atoms with van der Waals surface area (Å²) in [5, 5.41) is 9.47. The maximum atomic E-state index is 12.9. The molecule has 1 aromatic heterocycles. The Hall–Kier alpha value is -3.50. The van der Waals surface area contributed by atoms with Crippen molar-refractivity contribution in [3.63, 3.8) is 0 Å². The number of para-hydroxylation sites is 1. The fraction of sp³-hybridized carbons (Fsp3) is 0.333. The molecule has 7 nitrogen and oxygen atoms in total. The van der Waals surface area contributed by atoms with Crippen molar-refractivity contribution in [2.75, 3.05) is 26.2 Å². The first-order valence-electron chi connectivity index (χ1n) is 10.5. The van der Waals surface area contributed by atoms with Gasteiger partial charge in [0.1, 0.15) is 6.54 Å². The average molecular weight is 415 g/mol. The SMILES string of the molecule is Cc1cccc2c(=O)n(CC(=O)N3CCCN(Cc4ccc(C#N)cc4)CC3)cnc12. The summed E-state index contributed by atoms with van der Waals surface area (Å²) in [4.78, 5) is 34.2. The Labute approximate surface area is 181 Å². The highest BCUT2D eigenvalue weighted by atomic mass is 16.2. The molecule has 2 aromatic carbocycles. The zero-order valence-corrected chi connectivity index (χ0v) is 17.6. The third kappa shape index (κ3) is 4.65. The lowest BCUT2D eigenvalue weighted by Crippen LogP contribution is -2.39. The van der Waals surface area contributed by atoms with Crippen molar-refractivity contribution >= 4 is 16.8 Å². The topological polar surface area (TPSA) is 82.2 Å². The van der Waals surface area contributed by atoms with Crippen molar-refractivity contribution in [2.45, 2.75) is 26.4 Å². The van der Waals surface area contributed by atoms with Crippen LogP contribution in [-0.2, 0) is 17.9 Å². The van der Waals surface area contributed by atoms with Gasteiger partial charge in [-0.05, 0) is 42.7 Å². The van der Waals surface area contributed by atoms with Gasteiger partial charge in [-0.3, -0.25) is 19.1 Å². The summed E-state index contributed by atoms with van der Waals surface area (Å²) in [6, 6.07) is 15.3. The van der Waals surface area contributed by atoms with Crippen molar-refractivity contribution in [1.82, 2.24) is 19.4 Å². The molecule has 31 heavy (non-hydrogen) atoms. The first kappa shape index (κ1) is 20.8. The maximum Gasteiger partial charge on any atom is 0.261 e. The second-order valence-electron chi connectivity index (χ2n) is 7.97. The highest BCUT2D eigenvalue weighted by molar-refractivity contribution is 5.81. The standard InChI is InChI=1S/C24H25N5O2/c1-18-4-2-5-21-23(18)26-17-29(24(21)31)16-22(30)28-11-3-10-27(12-13-28)15-20-8-6-19(14-25)7-9-20/h2,4-9,17H,3,10-13,15-16H2,1H3. The van der Waals surface area contributed by atoms with Gasteiger partial charge in [0.15, 0.2) is 0 Å². The summed E-state index contributed by atoms with van der Waals surface area (Å²) in [6.45, 7) is 5.70. The van der Waals surface area contributed by atoms with E-state index in [2.05, 4.69) is 16.0 Å². The summed E-state index contributed by atoms with van der Waals surface area (Å²) in [5.74, 6) is -0.0591. The molecule has 3 aromatic rings. The highest BCUT2D eigenvalue weighted by Gasteiger charge is 2.20. The number of nitrogens with zero attached hydrogens (tertiary/aromatic N) is 5. The summed E-state index contributed by atoms with van der Waals surface area (Å²) < 4.78 is 1.41. The predicted molar refractivity (Wildman–Crippen MR) is 118 cm³/mol. The Morgan fingerprint density at radius 1 is 1.10 bits per heavy atom. The fourth-order valence-electron chi connectivity index (χ4n) is 4.02. The Morgan fingerprint density at radius 3 is 2.68 bits per heavy atom. The van der Waals surface area contributed by atoms with Crippen LogP contribution in [0.1, 0.15) is 23.1 Å². The van der Waals surface area contributed by atoms with Crippen LogP contribution >= 0.6 is 0 Å². The fourth-order valence-corrected chi connectivity index (χ4v) is 4.02. The van der Waals surface area contributed by atoms with Gasteiger partial charge < -0.3 is 4.90 Å². The Bertz CT molecular complexity index is 1190. The number of hydrogen-bond donors (Lipinski definition) is 0. The van der Waals surface area contributed by atoms with E-state index in [1.54, 1.807) is 6.07 Å². The Balaban J connectivity index is 1.40. The maximum absolute atomic E-state index is 12.9. The molecule has 1 aliphatic heterocycles. The number of amides is 1. The van der Waals surface area contributed by atoms with Crippen LogP contribution in [0, 0.1) is 18.3 Å². The Kier molecular flexibility index (Phi) is 6.10. The van der Waals surface area contributed by atoms with E-state index in [1.807, 2.05) is 48.2 Å². The van der Waals surface area contributed by atoms with E-state index < -0.39 is 0 Å². The molecule has 1 amide bonds. The molecule has 0 atom stereocenters. The van der Waals surface area contributed by atoms with Crippen molar-refractivity contribution in [3.05, 3.63) is 75.8 Å². The van der Waals surface area contributed by atoms with Crippen LogP contribution in [0.4, 0.5) is 0 Å². The molecule has 0 aliphatic carbocycles. The summed E-state index contributed by atoms with van der Waals surface area (Å²) in [7, 11) is 0. The van der Waals surface area contributed by atoms with Crippen LogP contribution in [0.5, 0.6) is 0 Å². The predicted octanol–water partition coefficient (Wildman–Crippen LogP) is 2.31. The van der Waals surface area contributed by atoms with Crippen LogP contribution in [0.3, 0.4) is 0 Å². The molecular formula is C24H25N5O2. The number of nitriles is 1. The second kappa shape index (κ2) is 9.11. The van der Waals surface area contributed by atoms with Crippen LogP contribution < -0.4 is 5.56 Å². The number of benzene rings is 2. The molecule has 1 aliphatic rings. The largest absolute Gasteiger partial charge is 0.340 e. The molecule has 0 radical (unpaired) electrons. The smallest absolute Gasteiger partial charge is 0.261 e. The van der Waals surface area contributed by atoms with Crippen molar-refractivity contribution in [1.29, 1.82) is 5.26 Å². The first-order chi connectivity index (χ1) is 15.0. The molecule has 1 saturated heterocycles. The van der Waals surface area contributed by atoms with Gasteiger partial charge in [0.05, 0.1) is 28.9 Å². The molecule has 0 spiro atoms. The molecule has 0 unspecified atom stereocenters. The first-order valence-corrected chi connectivity index (χ1v) is 10.5. The van der Waals surface area contributed by atoms with Crippen LogP contribution in [0.2, 0.25) is 0 Å². The number of aryl methyl sites for hydroxylation is 1. The van der Waals surface area contributed by atoms with Crippen LogP contribution in [-0.4, -0.2) is 51.4 Å². The normalized spacial score (nSPS) is 14.9. The third-order valence-electron chi connectivity index (χ3n) is 5.79. The van der Waals surface area contributed by atoms with Gasteiger partial charge in [0, 0.05) is 32.7 Å². The summed E-state index contributed by atoms with van der Waals surface area (Å²) in [6.07, 6.45) is 2.36. The summed E-state index contributed by atoms with van der Waals surface area (Å²) >= 11 is 0. The van der Waals surface area contributed by atoms with Gasteiger partial charge in [-0.25, -0.2) is 4.98 Å². The number of carbonyl (C=O) groups is 1. The van der Waals surface area contributed by atoms with Gasteiger partial charge in [-0.1, -0.05) is 24.3 Å². The van der Waals surface area contributed by atoms with Gasteiger partial charge in [0.25, 0.3) is 5.56 Å². The lowest BCUT2D eigenvalue weighted by atomic mass is 10.1. The monoisotopic (exact) mass is 415 g/mol.